The first-order valence-corrected chi connectivity index (χ1v) is 6.58. The third kappa shape index (κ3) is 2.43. The van der Waals surface area contributed by atoms with Gasteiger partial charge >= 0.3 is 5.97 Å². The highest BCUT2D eigenvalue weighted by Crippen LogP contribution is 2.25. The van der Waals surface area contributed by atoms with Crippen LogP contribution in [-0.2, 0) is 17.6 Å². The number of aromatic nitrogens is 1. The predicted octanol–water partition coefficient (Wildman–Crippen LogP) is 3.39. The van der Waals surface area contributed by atoms with Crippen molar-refractivity contribution in [2.75, 3.05) is 0 Å². The van der Waals surface area contributed by atoms with Gasteiger partial charge in [0.25, 0.3) is 0 Å². The summed E-state index contributed by atoms with van der Waals surface area (Å²) in [5.74, 6) is -0.802. The molecule has 1 heterocycles. The lowest BCUT2D eigenvalue weighted by Crippen LogP contribution is -2.03. The van der Waals surface area contributed by atoms with Gasteiger partial charge in [0.2, 0.25) is 0 Å². The molecular weight excluding hydrogens is 250 g/mol. The van der Waals surface area contributed by atoms with Crippen LogP contribution >= 0.6 is 0 Å². The Morgan fingerprint density at radius 1 is 1.00 bits per heavy atom. The van der Waals surface area contributed by atoms with Crippen molar-refractivity contribution in [3.63, 3.8) is 0 Å². The normalized spacial score (nSPS) is 10.8. The van der Waals surface area contributed by atoms with E-state index in [0.717, 1.165) is 28.6 Å². The second kappa shape index (κ2) is 5.21. The second-order valence-electron chi connectivity index (χ2n) is 4.86. The Bertz CT molecular complexity index is 744. The first-order chi connectivity index (χ1) is 9.74. The van der Waals surface area contributed by atoms with Gasteiger partial charge in [0.05, 0.1) is 6.42 Å². The highest BCUT2D eigenvalue weighted by atomic mass is 16.4. The molecule has 0 amide bonds. The standard InChI is InChI=1S/C17H15NO2/c19-17(20)11-14-13-8-4-5-9-15(13)18-16(14)10-12-6-2-1-3-7-12/h1-9,18H,10-11H2,(H,19,20). The number of nitrogens with one attached hydrogen (secondary N) is 1. The number of aliphatic carboxylic acids is 1. The van der Waals surface area contributed by atoms with Crippen molar-refractivity contribution in [1.29, 1.82) is 0 Å². The number of carbonyl (C=O) groups is 1. The average molecular weight is 265 g/mol. The van der Waals surface area contributed by atoms with Crippen LogP contribution in [0.3, 0.4) is 0 Å². The van der Waals surface area contributed by atoms with Crippen LogP contribution in [0.25, 0.3) is 10.9 Å². The molecule has 3 rings (SSSR count). The Morgan fingerprint density at radius 2 is 1.70 bits per heavy atom. The number of aromatic amines is 1. The summed E-state index contributed by atoms with van der Waals surface area (Å²) in [6, 6.07) is 17.9. The minimum Gasteiger partial charge on any atom is -0.481 e. The zero-order chi connectivity index (χ0) is 13.9. The van der Waals surface area contributed by atoms with Crippen LogP contribution in [0.5, 0.6) is 0 Å². The molecule has 0 spiro atoms. The van der Waals surface area contributed by atoms with Crippen molar-refractivity contribution < 1.29 is 9.90 Å². The van der Waals surface area contributed by atoms with E-state index in [0.29, 0.717) is 0 Å². The molecule has 0 atom stereocenters. The van der Waals surface area contributed by atoms with Gasteiger partial charge in [-0.3, -0.25) is 4.79 Å². The largest absolute Gasteiger partial charge is 0.481 e. The van der Waals surface area contributed by atoms with E-state index in [9.17, 15) is 4.79 Å². The lowest BCUT2D eigenvalue weighted by molar-refractivity contribution is -0.136. The van der Waals surface area contributed by atoms with Gasteiger partial charge in [0, 0.05) is 23.0 Å². The highest BCUT2D eigenvalue weighted by Gasteiger charge is 2.14. The Balaban J connectivity index is 2.07. The molecule has 2 N–H and O–H groups in total. The minimum absolute atomic E-state index is 0.0478. The van der Waals surface area contributed by atoms with Crippen molar-refractivity contribution >= 4 is 16.9 Å². The summed E-state index contributed by atoms with van der Waals surface area (Å²) in [6.07, 6.45) is 0.768. The molecule has 0 aliphatic rings. The molecule has 3 nitrogen and oxygen atoms in total. The van der Waals surface area contributed by atoms with Crippen LogP contribution in [0.4, 0.5) is 0 Å². The molecule has 1 aromatic heterocycles. The number of carboxylic acid groups (broad SMARTS) is 1. The van der Waals surface area contributed by atoms with Gasteiger partial charge in [-0.1, -0.05) is 48.5 Å². The van der Waals surface area contributed by atoms with E-state index in [1.165, 1.54) is 5.56 Å². The van der Waals surface area contributed by atoms with Gasteiger partial charge in [-0.05, 0) is 17.2 Å². The summed E-state index contributed by atoms with van der Waals surface area (Å²) >= 11 is 0. The van der Waals surface area contributed by atoms with E-state index < -0.39 is 5.97 Å². The van der Waals surface area contributed by atoms with E-state index >= 15 is 0 Å². The van der Waals surface area contributed by atoms with Gasteiger partial charge in [-0.15, -0.1) is 0 Å². The molecule has 0 fully saturated rings. The molecule has 3 heteroatoms. The summed E-state index contributed by atoms with van der Waals surface area (Å²) in [6.45, 7) is 0. The topological polar surface area (TPSA) is 53.1 Å². The fourth-order valence-corrected chi connectivity index (χ4v) is 2.56. The van der Waals surface area contributed by atoms with Crippen LogP contribution in [-0.4, -0.2) is 16.1 Å². The third-order valence-corrected chi connectivity index (χ3v) is 3.45. The average Bonchev–Trinajstić information content (AvgIpc) is 2.78. The third-order valence-electron chi connectivity index (χ3n) is 3.45. The van der Waals surface area contributed by atoms with Crippen LogP contribution in [0, 0.1) is 0 Å². The van der Waals surface area contributed by atoms with E-state index in [4.69, 9.17) is 5.11 Å². The van der Waals surface area contributed by atoms with Crippen molar-refractivity contribution in [3.05, 3.63) is 71.4 Å². The second-order valence-corrected chi connectivity index (χ2v) is 4.86. The van der Waals surface area contributed by atoms with Crippen LogP contribution in [0.15, 0.2) is 54.6 Å². The minimum atomic E-state index is -0.802. The van der Waals surface area contributed by atoms with Crippen LogP contribution in [0.2, 0.25) is 0 Å². The Hall–Kier alpha value is -2.55. The van der Waals surface area contributed by atoms with Crippen molar-refractivity contribution in [2.24, 2.45) is 0 Å². The lowest BCUT2D eigenvalue weighted by atomic mass is 10.0. The van der Waals surface area contributed by atoms with Crippen LogP contribution < -0.4 is 0 Å². The van der Waals surface area contributed by atoms with Crippen molar-refractivity contribution in [3.8, 4) is 0 Å². The van der Waals surface area contributed by atoms with E-state index in [2.05, 4.69) is 17.1 Å². The molecule has 2 aromatic carbocycles. The molecule has 0 saturated carbocycles. The summed E-state index contributed by atoms with van der Waals surface area (Å²) in [7, 11) is 0. The molecule has 0 bridgehead atoms. The van der Waals surface area contributed by atoms with E-state index in [1.54, 1.807) is 0 Å². The molecule has 0 aliphatic heterocycles. The van der Waals surface area contributed by atoms with Crippen molar-refractivity contribution in [1.82, 2.24) is 4.98 Å². The SMILES string of the molecule is O=C(O)Cc1c(Cc2ccccc2)[nH]c2ccccc12. The fourth-order valence-electron chi connectivity index (χ4n) is 2.56. The Kier molecular flexibility index (Phi) is 3.25. The van der Waals surface area contributed by atoms with Gasteiger partial charge < -0.3 is 10.1 Å². The number of H-pyrrole nitrogens is 1. The number of benzene rings is 2. The molecule has 0 saturated heterocycles. The molecule has 0 unspecified atom stereocenters. The van der Waals surface area contributed by atoms with Gasteiger partial charge in [0.1, 0.15) is 0 Å². The van der Waals surface area contributed by atoms with E-state index in [-0.39, 0.29) is 6.42 Å². The first-order valence-electron chi connectivity index (χ1n) is 6.58. The summed E-state index contributed by atoms with van der Waals surface area (Å²) in [5.41, 5.74) is 4.04. The summed E-state index contributed by atoms with van der Waals surface area (Å²) in [5, 5.41) is 10.1. The summed E-state index contributed by atoms with van der Waals surface area (Å²) in [4.78, 5) is 14.5. The maximum absolute atomic E-state index is 11.1. The monoisotopic (exact) mass is 265 g/mol. The first kappa shape index (κ1) is 12.5. The molecule has 100 valence electrons. The number of hydrogen-bond donors (Lipinski definition) is 2. The maximum Gasteiger partial charge on any atom is 0.307 e. The van der Waals surface area contributed by atoms with Gasteiger partial charge in [-0.2, -0.15) is 0 Å². The number of fused-ring (bicyclic) bond motifs is 1. The molecule has 3 aromatic rings. The van der Waals surface area contributed by atoms with Crippen LogP contribution in [0.1, 0.15) is 16.8 Å². The fraction of sp³-hybridized carbons (Fsp3) is 0.118. The molecule has 0 radical (unpaired) electrons. The molecule has 0 aliphatic carbocycles. The summed E-state index contributed by atoms with van der Waals surface area (Å²) < 4.78 is 0. The smallest absolute Gasteiger partial charge is 0.307 e. The zero-order valence-corrected chi connectivity index (χ0v) is 11.0. The number of para-hydroxylation sites is 1. The van der Waals surface area contributed by atoms with E-state index in [1.807, 2.05) is 42.5 Å². The number of hydrogen-bond acceptors (Lipinski definition) is 1. The number of rotatable bonds is 4. The maximum atomic E-state index is 11.1. The highest BCUT2D eigenvalue weighted by molar-refractivity contribution is 5.88. The van der Waals surface area contributed by atoms with Gasteiger partial charge in [-0.25, -0.2) is 0 Å². The quantitative estimate of drug-likeness (QED) is 0.759. The molecule has 20 heavy (non-hydrogen) atoms. The predicted molar refractivity (Wildman–Crippen MR) is 78.9 cm³/mol. The molecular formula is C17H15NO2. The number of carboxylic acids is 1. The Labute approximate surface area is 116 Å². The lowest BCUT2D eigenvalue weighted by Gasteiger charge is -2.03. The Morgan fingerprint density at radius 3 is 2.45 bits per heavy atom. The zero-order valence-electron chi connectivity index (χ0n) is 11.0. The van der Waals surface area contributed by atoms with Crippen molar-refractivity contribution in [2.45, 2.75) is 12.8 Å². The van der Waals surface area contributed by atoms with Gasteiger partial charge in [0.15, 0.2) is 0 Å².